The summed E-state index contributed by atoms with van der Waals surface area (Å²) in [7, 11) is 0. The van der Waals surface area contributed by atoms with Crippen molar-refractivity contribution in [3.05, 3.63) is 29.8 Å². The standard InChI is InChI=1S/C19H29N3O2/c1-15(20-13-18(23)14-21-9-2-3-10-21)16-6-4-7-17(12-16)22-11-5-8-19(22)24/h4,6-7,12,15,18,20,23H,2-3,5,8-11,13-14H2,1H3. The predicted molar refractivity (Wildman–Crippen MR) is 96.1 cm³/mol. The molecule has 2 aliphatic rings. The first kappa shape index (κ1) is 17.4. The number of aliphatic hydroxyl groups is 1. The van der Waals surface area contributed by atoms with E-state index in [0.29, 0.717) is 13.0 Å². The van der Waals surface area contributed by atoms with Gasteiger partial charge in [-0.25, -0.2) is 0 Å². The third-order valence-electron chi connectivity index (χ3n) is 5.08. The number of nitrogens with zero attached hydrogens (tertiary/aromatic N) is 2. The molecule has 0 aromatic heterocycles. The van der Waals surface area contributed by atoms with Crippen molar-refractivity contribution < 1.29 is 9.90 Å². The van der Waals surface area contributed by atoms with E-state index in [1.54, 1.807) is 0 Å². The predicted octanol–water partition coefficient (Wildman–Crippen LogP) is 1.92. The first-order valence-corrected chi connectivity index (χ1v) is 9.17. The molecular formula is C19H29N3O2. The van der Waals surface area contributed by atoms with E-state index in [4.69, 9.17) is 0 Å². The zero-order valence-electron chi connectivity index (χ0n) is 14.6. The van der Waals surface area contributed by atoms with E-state index in [1.807, 2.05) is 17.0 Å². The number of hydrogen-bond acceptors (Lipinski definition) is 4. The Morgan fingerprint density at radius 2 is 2.00 bits per heavy atom. The van der Waals surface area contributed by atoms with Gasteiger partial charge in [0.15, 0.2) is 0 Å². The molecule has 132 valence electrons. The largest absolute Gasteiger partial charge is 0.390 e. The van der Waals surface area contributed by atoms with E-state index in [1.165, 1.54) is 12.8 Å². The highest BCUT2D eigenvalue weighted by Crippen LogP contribution is 2.24. The average Bonchev–Trinajstić information content (AvgIpc) is 3.24. The molecule has 2 fully saturated rings. The van der Waals surface area contributed by atoms with Crippen molar-refractivity contribution in [2.45, 2.75) is 44.8 Å². The molecule has 1 aromatic carbocycles. The molecule has 2 unspecified atom stereocenters. The van der Waals surface area contributed by atoms with Crippen LogP contribution in [0.3, 0.4) is 0 Å². The van der Waals surface area contributed by atoms with Crippen molar-refractivity contribution in [1.29, 1.82) is 0 Å². The van der Waals surface area contributed by atoms with Gasteiger partial charge in [-0.1, -0.05) is 12.1 Å². The first-order valence-electron chi connectivity index (χ1n) is 9.17. The SMILES string of the molecule is CC(NCC(O)CN1CCCC1)c1cccc(N2CCCC2=O)c1. The van der Waals surface area contributed by atoms with E-state index in [2.05, 4.69) is 29.3 Å². The Balaban J connectivity index is 1.52. The normalized spacial score (nSPS) is 21.4. The molecule has 0 radical (unpaired) electrons. The molecule has 0 saturated carbocycles. The lowest BCUT2D eigenvalue weighted by Crippen LogP contribution is -2.37. The second-order valence-corrected chi connectivity index (χ2v) is 7.04. The Morgan fingerprint density at radius 1 is 1.21 bits per heavy atom. The number of β-amino-alcohol motifs (C(OH)–C–C–N with tert-alkyl or cyclic N) is 1. The van der Waals surface area contributed by atoms with Crippen LogP contribution in [0.15, 0.2) is 24.3 Å². The molecule has 5 nitrogen and oxygen atoms in total. The number of amides is 1. The minimum absolute atomic E-state index is 0.149. The van der Waals surface area contributed by atoms with Gasteiger partial charge in [0.05, 0.1) is 6.10 Å². The van der Waals surface area contributed by atoms with E-state index in [-0.39, 0.29) is 18.1 Å². The van der Waals surface area contributed by atoms with Gasteiger partial charge < -0.3 is 20.2 Å². The van der Waals surface area contributed by atoms with Crippen molar-refractivity contribution in [2.24, 2.45) is 0 Å². The number of carbonyl (C=O) groups excluding carboxylic acids is 1. The van der Waals surface area contributed by atoms with Gasteiger partial charge in [0.2, 0.25) is 5.91 Å². The Labute approximate surface area is 144 Å². The Morgan fingerprint density at radius 3 is 2.71 bits per heavy atom. The first-order chi connectivity index (χ1) is 11.6. The molecule has 1 amide bonds. The summed E-state index contributed by atoms with van der Waals surface area (Å²) in [6, 6.07) is 8.33. The molecular weight excluding hydrogens is 302 g/mol. The number of nitrogens with one attached hydrogen (secondary N) is 1. The van der Waals surface area contributed by atoms with E-state index >= 15 is 0 Å². The van der Waals surface area contributed by atoms with E-state index in [0.717, 1.165) is 43.9 Å². The van der Waals surface area contributed by atoms with Gasteiger partial charge >= 0.3 is 0 Å². The maximum absolute atomic E-state index is 11.9. The highest BCUT2D eigenvalue weighted by atomic mass is 16.3. The summed E-state index contributed by atoms with van der Waals surface area (Å²) in [5, 5.41) is 13.6. The summed E-state index contributed by atoms with van der Waals surface area (Å²) in [5.41, 5.74) is 2.14. The fourth-order valence-electron chi connectivity index (χ4n) is 3.64. The molecule has 2 aliphatic heterocycles. The Kier molecular flexibility index (Phi) is 5.87. The number of aliphatic hydroxyl groups excluding tert-OH is 1. The van der Waals surface area contributed by atoms with Crippen molar-refractivity contribution in [2.75, 3.05) is 37.6 Å². The summed E-state index contributed by atoms with van der Waals surface area (Å²) in [4.78, 5) is 16.1. The summed E-state index contributed by atoms with van der Waals surface area (Å²) >= 11 is 0. The molecule has 24 heavy (non-hydrogen) atoms. The van der Waals surface area contributed by atoms with Crippen LogP contribution in [-0.4, -0.2) is 54.7 Å². The topological polar surface area (TPSA) is 55.8 Å². The van der Waals surface area contributed by atoms with Crippen LogP contribution >= 0.6 is 0 Å². The number of benzene rings is 1. The van der Waals surface area contributed by atoms with Gasteiger partial charge in [-0.3, -0.25) is 4.79 Å². The van der Waals surface area contributed by atoms with Gasteiger partial charge in [-0.2, -0.15) is 0 Å². The summed E-state index contributed by atoms with van der Waals surface area (Å²) in [5.74, 6) is 0.216. The lowest BCUT2D eigenvalue weighted by atomic mass is 10.1. The molecule has 2 saturated heterocycles. The molecule has 0 spiro atoms. The van der Waals surface area contributed by atoms with Crippen LogP contribution in [-0.2, 0) is 4.79 Å². The smallest absolute Gasteiger partial charge is 0.227 e. The van der Waals surface area contributed by atoms with Crippen LogP contribution in [0.25, 0.3) is 0 Å². The molecule has 0 bridgehead atoms. The zero-order valence-corrected chi connectivity index (χ0v) is 14.6. The van der Waals surface area contributed by atoms with E-state index in [9.17, 15) is 9.90 Å². The Hall–Kier alpha value is -1.43. The van der Waals surface area contributed by atoms with Crippen molar-refractivity contribution in [3.8, 4) is 0 Å². The molecule has 2 N–H and O–H groups in total. The summed E-state index contributed by atoms with van der Waals surface area (Å²) < 4.78 is 0. The van der Waals surface area contributed by atoms with Gasteiger partial charge in [0.1, 0.15) is 0 Å². The van der Waals surface area contributed by atoms with Gasteiger partial charge in [-0.15, -0.1) is 0 Å². The third kappa shape index (κ3) is 4.35. The summed E-state index contributed by atoms with van der Waals surface area (Å²) in [6.07, 6.45) is 3.76. The highest BCUT2D eigenvalue weighted by molar-refractivity contribution is 5.95. The van der Waals surface area contributed by atoms with Crippen molar-refractivity contribution in [1.82, 2.24) is 10.2 Å². The third-order valence-corrected chi connectivity index (χ3v) is 5.08. The minimum Gasteiger partial charge on any atom is -0.390 e. The number of carbonyl (C=O) groups is 1. The fraction of sp³-hybridized carbons (Fsp3) is 0.632. The van der Waals surface area contributed by atoms with E-state index < -0.39 is 0 Å². The van der Waals surface area contributed by atoms with Crippen molar-refractivity contribution >= 4 is 11.6 Å². The molecule has 2 atom stereocenters. The number of hydrogen-bond donors (Lipinski definition) is 2. The van der Waals surface area contributed by atoms with Crippen molar-refractivity contribution in [3.63, 3.8) is 0 Å². The lowest BCUT2D eigenvalue weighted by Gasteiger charge is -2.23. The fourth-order valence-corrected chi connectivity index (χ4v) is 3.64. The Bertz CT molecular complexity index is 557. The molecule has 0 aliphatic carbocycles. The van der Waals surface area contributed by atoms with Crippen LogP contribution in [0.4, 0.5) is 5.69 Å². The quantitative estimate of drug-likeness (QED) is 0.801. The van der Waals surface area contributed by atoms with Gasteiger partial charge in [0, 0.05) is 37.8 Å². The maximum atomic E-state index is 11.9. The molecule has 3 rings (SSSR count). The minimum atomic E-state index is -0.339. The zero-order chi connectivity index (χ0) is 16.9. The number of rotatable bonds is 7. The number of likely N-dealkylation sites (tertiary alicyclic amines) is 1. The molecule has 1 aromatic rings. The maximum Gasteiger partial charge on any atom is 0.227 e. The monoisotopic (exact) mass is 331 g/mol. The van der Waals surface area contributed by atoms with Crippen LogP contribution < -0.4 is 10.2 Å². The second kappa shape index (κ2) is 8.10. The van der Waals surface area contributed by atoms with Crippen LogP contribution in [0.2, 0.25) is 0 Å². The van der Waals surface area contributed by atoms with Gasteiger partial charge in [-0.05, 0) is 57.0 Å². The van der Waals surface area contributed by atoms with Crippen LogP contribution in [0, 0.1) is 0 Å². The molecule has 2 heterocycles. The average molecular weight is 331 g/mol. The lowest BCUT2D eigenvalue weighted by molar-refractivity contribution is -0.117. The number of anilines is 1. The van der Waals surface area contributed by atoms with Gasteiger partial charge in [0.25, 0.3) is 0 Å². The molecule has 5 heteroatoms. The summed E-state index contributed by atoms with van der Waals surface area (Å²) in [6.45, 7) is 6.48. The van der Waals surface area contributed by atoms with Crippen LogP contribution in [0.5, 0.6) is 0 Å². The second-order valence-electron chi connectivity index (χ2n) is 7.04. The highest BCUT2D eigenvalue weighted by Gasteiger charge is 2.22. The van der Waals surface area contributed by atoms with Crippen LogP contribution in [0.1, 0.15) is 44.2 Å².